The van der Waals surface area contributed by atoms with E-state index < -0.39 is 5.97 Å². The average Bonchev–Trinajstić information content (AvgIpc) is 2.38. The van der Waals surface area contributed by atoms with Crippen LogP contribution < -0.4 is 5.43 Å². The molecule has 5 nitrogen and oxygen atoms in total. The van der Waals surface area contributed by atoms with Gasteiger partial charge in [-0.3, -0.25) is 9.48 Å². The van der Waals surface area contributed by atoms with Gasteiger partial charge in [0.15, 0.2) is 0 Å². The van der Waals surface area contributed by atoms with Gasteiger partial charge in [0, 0.05) is 11.0 Å². The zero-order valence-electron chi connectivity index (χ0n) is 9.83. The summed E-state index contributed by atoms with van der Waals surface area (Å²) < 4.78 is 1.60. The standard InChI is InChI=1S/C13H12N2O3/c1-9(13(17)18)6-7-15-11-5-3-2-4-10(11)12(16)8-14-15/h2-6,8H,7H2,1H3,(H,17,18). The van der Waals surface area contributed by atoms with Crippen LogP contribution in [-0.4, -0.2) is 20.9 Å². The lowest BCUT2D eigenvalue weighted by molar-refractivity contribution is -0.132. The van der Waals surface area contributed by atoms with E-state index in [0.29, 0.717) is 17.4 Å². The Morgan fingerprint density at radius 2 is 2.17 bits per heavy atom. The molecule has 0 amide bonds. The highest BCUT2D eigenvalue weighted by Gasteiger charge is 2.03. The van der Waals surface area contributed by atoms with Crippen molar-refractivity contribution in [2.75, 3.05) is 0 Å². The molecule has 0 radical (unpaired) electrons. The molecule has 18 heavy (non-hydrogen) atoms. The third kappa shape index (κ3) is 2.29. The van der Waals surface area contributed by atoms with Gasteiger partial charge in [-0.05, 0) is 19.1 Å². The first-order valence-corrected chi connectivity index (χ1v) is 5.44. The summed E-state index contributed by atoms with van der Waals surface area (Å²) in [5.74, 6) is -0.958. The van der Waals surface area contributed by atoms with E-state index in [1.807, 2.05) is 6.07 Å². The molecular formula is C13H12N2O3. The quantitative estimate of drug-likeness (QED) is 0.829. The SMILES string of the molecule is CC(=CCn1ncc(=O)c2ccccc21)C(=O)O. The number of carbonyl (C=O) groups is 1. The van der Waals surface area contributed by atoms with Crippen molar-refractivity contribution < 1.29 is 9.90 Å². The molecule has 0 bridgehead atoms. The second kappa shape index (κ2) is 4.83. The Morgan fingerprint density at radius 3 is 2.89 bits per heavy atom. The fourth-order valence-corrected chi connectivity index (χ4v) is 1.62. The summed E-state index contributed by atoms with van der Waals surface area (Å²) in [5, 5.41) is 13.4. The fraction of sp³-hybridized carbons (Fsp3) is 0.154. The summed E-state index contributed by atoms with van der Waals surface area (Å²) >= 11 is 0. The summed E-state index contributed by atoms with van der Waals surface area (Å²) in [6.07, 6.45) is 2.80. The van der Waals surface area contributed by atoms with E-state index in [0.717, 1.165) is 0 Å². The topological polar surface area (TPSA) is 72.2 Å². The monoisotopic (exact) mass is 244 g/mol. The number of rotatable bonds is 3. The van der Waals surface area contributed by atoms with Crippen LogP contribution in [0.25, 0.3) is 10.9 Å². The van der Waals surface area contributed by atoms with Gasteiger partial charge in [-0.1, -0.05) is 18.2 Å². The molecule has 1 aromatic heterocycles. The van der Waals surface area contributed by atoms with Crippen LogP contribution in [0, 0.1) is 0 Å². The van der Waals surface area contributed by atoms with Gasteiger partial charge in [-0.2, -0.15) is 5.10 Å². The minimum atomic E-state index is -0.958. The number of nitrogens with zero attached hydrogens (tertiary/aromatic N) is 2. The number of allylic oxidation sites excluding steroid dienone is 1. The first kappa shape index (κ1) is 12.0. The number of benzene rings is 1. The molecule has 0 saturated carbocycles. The van der Waals surface area contributed by atoms with Crippen molar-refractivity contribution in [3.8, 4) is 0 Å². The summed E-state index contributed by atoms with van der Waals surface area (Å²) in [4.78, 5) is 22.3. The van der Waals surface area contributed by atoms with Crippen molar-refractivity contribution in [1.29, 1.82) is 0 Å². The summed E-state index contributed by atoms with van der Waals surface area (Å²) in [6, 6.07) is 7.11. The van der Waals surface area contributed by atoms with Crippen LogP contribution in [0.4, 0.5) is 0 Å². The summed E-state index contributed by atoms with van der Waals surface area (Å²) in [7, 11) is 0. The first-order valence-electron chi connectivity index (χ1n) is 5.44. The van der Waals surface area contributed by atoms with Gasteiger partial charge < -0.3 is 5.11 Å². The maximum absolute atomic E-state index is 11.6. The van der Waals surface area contributed by atoms with Gasteiger partial charge in [0.2, 0.25) is 5.43 Å². The second-order valence-corrected chi connectivity index (χ2v) is 3.90. The van der Waals surface area contributed by atoms with Gasteiger partial charge in [-0.25, -0.2) is 4.79 Å². The van der Waals surface area contributed by atoms with Gasteiger partial charge in [0.05, 0.1) is 18.3 Å². The Morgan fingerprint density at radius 1 is 1.44 bits per heavy atom. The number of hydrogen-bond donors (Lipinski definition) is 1. The van der Waals surface area contributed by atoms with E-state index in [9.17, 15) is 9.59 Å². The Hall–Kier alpha value is -2.43. The molecule has 0 unspecified atom stereocenters. The lowest BCUT2D eigenvalue weighted by Crippen LogP contribution is -2.12. The Balaban J connectivity index is 2.47. The molecule has 0 atom stereocenters. The second-order valence-electron chi connectivity index (χ2n) is 3.90. The molecule has 0 aliphatic carbocycles. The van der Waals surface area contributed by atoms with Gasteiger partial charge in [-0.15, -0.1) is 0 Å². The molecule has 0 spiro atoms. The number of fused-ring (bicyclic) bond motifs is 1. The molecule has 0 fully saturated rings. The first-order chi connectivity index (χ1) is 8.59. The van der Waals surface area contributed by atoms with E-state index in [1.54, 1.807) is 29.0 Å². The minimum absolute atomic E-state index is 0.138. The number of hydrogen-bond acceptors (Lipinski definition) is 3. The number of carboxylic acids is 1. The van der Waals surface area contributed by atoms with Crippen molar-refractivity contribution in [2.24, 2.45) is 0 Å². The lowest BCUT2D eigenvalue weighted by Gasteiger charge is -2.06. The van der Waals surface area contributed by atoms with Crippen molar-refractivity contribution >= 4 is 16.9 Å². The molecule has 2 aromatic rings. The smallest absolute Gasteiger partial charge is 0.331 e. The highest BCUT2D eigenvalue weighted by Crippen LogP contribution is 2.08. The fourth-order valence-electron chi connectivity index (χ4n) is 1.62. The maximum atomic E-state index is 11.6. The predicted molar refractivity (Wildman–Crippen MR) is 67.4 cm³/mol. The molecule has 1 aromatic carbocycles. The van der Waals surface area contributed by atoms with Crippen molar-refractivity contribution in [1.82, 2.24) is 9.78 Å². The zero-order chi connectivity index (χ0) is 13.1. The Bertz CT molecular complexity index is 686. The zero-order valence-corrected chi connectivity index (χ0v) is 9.83. The van der Waals surface area contributed by atoms with Crippen molar-refractivity contribution in [2.45, 2.75) is 13.5 Å². The largest absolute Gasteiger partial charge is 0.478 e. The third-order valence-electron chi connectivity index (χ3n) is 2.67. The molecule has 0 aliphatic rings. The van der Waals surface area contributed by atoms with Crippen molar-refractivity contribution in [3.05, 3.63) is 52.3 Å². The minimum Gasteiger partial charge on any atom is -0.478 e. The molecule has 0 saturated heterocycles. The normalized spacial score (nSPS) is 11.7. The van der Waals surface area contributed by atoms with Crippen LogP contribution in [-0.2, 0) is 11.3 Å². The third-order valence-corrected chi connectivity index (χ3v) is 2.67. The molecule has 5 heteroatoms. The summed E-state index contributed by atoms with van der Waals surface area (Å²) in [5.41, 5.74) is 0.805. The Kier molecular flexibility index (Phi) is 3.23. The van der Waals surface area contributed by atoms with Crippen LogP contribution in [0.3, 0.4) is 0 Å². The number of para-hydroxylation sites is 1. The van der Waals surface area contributed by atoms with Gasteiger partial charge >= 0.3 is 5.97 Å². The average molecular weight is 244 g/mol. The molecule has 1 heterocycles. The highest BCUT2D eigenvalue weighted by molar-refractivity contribution is 5.85. The van der Waals surface area contributed by atoms with Gasteiger partial charge in [0.1, 0.15) is 0 Å². The maximum Gasteiger partial charge on any atom is 0.331 e. The molecular weight excluding hydrogens is 232 g/mol. The van der Waals surface area contributed by atoms with Crippen molar-refractivity contribution in [3.63, 3.8) is 0 Å². The van der Waals surface area contributed by atoms with Crippen LogP contribution in [0.5, 0.6) is 0 Å². The highest BCUT2D eigenvalue weighted by atomic mass is 16.4. The van der Waals surface area contributed by atoms with E-state index in [-0.39, 0.29) is 11.0 Å². The molecule has 1 N–H and O–H groups in total. The van der Waals surface area contributed by atoms with Crippen LogP contribution >= 0.6 is 0 Å². The van der Waals surface area contributed by atoms with Crippen LogP contribution in [0.1, 0.15) is 6.92 Å². The predicted octanol–water partition coefficient (Wildman–Crippen LogP) is 1.43. The van der Waals surface area contributed by atoms with E-state index in [4.69, 9.17) is 5.11 Å². The van der Waals surface area contributed by atoms with Crippen LogP contribution in [0.15, 0.2) is 46.9 Å². The molecule has 0 aliphatic heterocycles. The lowest BCUT2D eigenvalue weighted by atomic mass is 10.2. The summed E-state index contributed by atoms with van der Waals surface area (Å²) in [6.45, 7) is 1.84. The van der Waals surface area contributed by atoms with E-state index in [2.05, 4.69) is 5.10 Å². The molecule has 92 valence electrons. The Labute approximate surface area is 103 Å². The van der Waals surface area contributed by atoms with Gasteiger partial charge in [0.25, 0.3) is 0 Å². The van der Waals surface area contributed by atoms with Crippen LogP contribution in [0.2, 0.25) is 0 Å². The number of aromatic nitrogens is 2. The van der Waals surface area contributed by atoms with E-state index in [1.165, 1.54) is 13.1 Å². The van der Waals surface area contributed by atoms with E-state index >= 15 is 0 Å². The number of carboxylic acid groups (broad SMARTS) is 1. The number of aliphatic carboxylic acids is 1. The molecule has 2 rings (SSSR count).